The SMILES string of the molecule is Cc1c(C(=O)NN2CCC(O)CC2)nn(-c2ccc(Cl)cc2Cl)c1-c1ccc(Cl)cc1. The third kappa shape index (κ3) is 4.73. The zero-order valence-corrected chi connectivity index (χ0v) is 19.0. The fourth-order valence-electron chi connectivity index (χ4n) is 3.66. The van der Waals surface area contributed by atoms with Crippen LogP contribution in [0.5, 0.6) is 0 Å². The van der Waals surface area contributed by atoms with Crippen molar-refractivity contribution in [3.63, 3.8) is 0 Å². The van der Waals surface area contributed by atoms with Crippen LogP contribution in [0.1, 0.15) is 28.9 Å². The fourth-order valence-corrected chi connectivity index (χ4v) is 4.27. The summed E-state index contributed by atoms with van der Waals surface area (Å²) in [6.07, 6.45) is 0.909. The van der Waals surface area contributed by atoms with Gasteiger partial charge in [0.1, 0.15) is 0 Å². The van der Waals surface area contributed by atoms with E-state index in [-0.39, 0.29) is 12.0 Å². The number of carbonyl (C=O) groups is 1. The van der Waals surface area contributed by atoms with Crippen molar-refractivity contribution in [2.75, 3.05) is 13.1 Å². The van der Waals surface area contributed by atoms with Crippen LogP contribution in [0.4, 0.5) is 0 Å². The predicted octanol–water partition coefficient (Wildman–Crippen LogP) is 4.91. The summed E-state index contributed by atoms with van der Waals surface area (Å²) in [5.41, 5.74) is 6.10. The Morgan fingerprint density at radius 3 is 2.35 bits per heavy atom. The minimum atomic E-state index is -0.322. The summed E-state index contributed by atoms with van der Waals surface area (Å²) in [5.74, 6) is -0.312. The van der Waals surface area contributed by atoms with Crippen molar-refractivity contribution in [2.24, 2.45) is 0 Å². The van der Waals surface area contributed by atoms with Crippen LogP contribution in [0.2, 0.25) is 15.1 Å². The van der Waals surface area contributed by atoms with E-state index in [9.17, 15) is 9.90 Å². The molecule has 3 aromatic rings. The molecule has 4 rings (SSSR count). The number of aliphatic hydroxyl groups is 1. The Bertz CT molecular complexity index is 1110. The first-order valence-electron chi connectivity index (χ1n) is 9.88. The normalized spacial score (nSPS) is 15.3. The van der Waals surface area contributed by atoms with Gasteiger partial charge in [-0.3, -0.25) is 10.2 Å². The zero-order chi connectivity index (χ0) is 22.1. The first-order valence-corrected chi connectivity index (χ1v) is 11.0. The lowest BCUT2D eigenvalue weighted by atomic mass is 10.1. The van der Waals surface area contributed by atoms with Gasteiger partial charge in [-0.2, -0.15) is 5.10 Å². The van der Waals surface area contributed by atoms with Crippen LogP contribution in [-0.4, -0.2) is 45.0 Å². The lowest BCUT2D eigenvalue weighted by Gasteiger charge is -2.29. The van der Waals surface area contributed by atoms with E-state index in [0.29, 0.717) is 57.9 Å². The number of aliphatic hydroxyl groups excluding tert-OH is 1. The van der Waals surface area contributed by atoms with E-state index in [1.165, 1.54) is 0 Å². The Kier molecular flexibility index (Phi) is 6.55. The molecule has 1 aliphatic rings. The van der Waals surface area contributed by atoms with Crippen LogP contribution in [0.15, 0.2) is 42.5 Å². The van der Waals surface area contributed by atoms with Gasteiger partial charge in [-0.05, 0) is 50.1 Å². The van der Waals surface area contributed by atoms with E-state index < -0.39 is 0 Å². The van der Waals surface area contributed by atoms with Crippen LogP contribution >= 0.6 is 34.8 Å². The van der Waals surface area contributed by atoms with Crippen molar-refractivity contribution < 1.29 is 9.90 Å². The molecule has 0 saturated carbocycles. The molecule has 2 N–H and O–H groups in total. The van der Waals surface area contributed by atoms with Crippen molar-refractivity contribution in [1.82, 2.24) is 20.2 Å². The molecule has 1 saturated heterocycles. The maximum atomic E-state index is 13.1. The molecule has 2 aromatic carbocycles. The summed E-state index contributed by atoms with van der Waals surface area (Å²) in [4.78, 5) is 13.1. The van der Waals surface area contributed by atoms with Gasteiger partial charge in [-0.1, -0.05) is 46.9 Å². The third-order valence-electron chi connectivity index (χ3n) is 5.32. The van der Waals surface area contributed by atoms with Gasteiger partial charge in [0.2, 0.25) is 0 Å². The van der Waals surface area contributed by atoms with Gasteiger partial charge >= 0.3 is 0 Å². The second-order valence-corrected chi connectivity index (χ2v) is 8.78. The largest absolute Gasteiger partial charge is 0.393 e. The highest BCUT2D eigenvalue weighted by atomic mass is 35.5. The third-order valence-corrected chi connectivity index (χ3v) is 6.11. The molecule has 0 spiro atoms. The number of hydrazine groups is 1. The van der Waals surface area contributed by atoms with E-state index in [4.69, 9.17) is 34.8 Å². The standard InChI is InChI=1S/C22H21Cl3N4O2/c1-13-20(22(31)27-28-10-8-17(30)9-11-28)26-29(19-7-6-16(24)12-18(19)25)21(13)14-2-4-15(23)5-3-14/h2-7,12,17,30H,8-11H2,1H3,(H,27,31). The van der Waals surface area contributed by atoms with Gasteiger partial charge in [0.25, 0.3) is 5.91 Å². The monoisotopic (exact) mass is 478 g/mol. The highest BCUT2D eigenvalue weighted by Gasteiger charge is 2.25. The minimum Gasteiger partial charge on any atom is -0.393 e. The number of aromatic nitrogens is 2. The molecule has 1 fully saturated rings. The van der Waals surface area contributed by atoms with Crippen LogP contribution in [0.25, 0.3) is 16.9 Å². The average Bonchev–Trinajstić information content (AvgIpc) is 3.07. The molecule has 0 aliphatic carbocycles. The number of amides is 1. The van der Waals surface area contributed by atoms with E-state index >= 15 is 0 Å². The minimum absolute atomic E-state index is 0.294. The summed E-state index contributed by atoms with van der Waals surface area (Å²) in [6, 6.07) is 12.5. The summed E-state index contributed by atoms with van der Waals surface area (Å²) in [5, 5.41) is 17.7. The number of halogens is 3. The summed E-state index contributed by atoms with van der Waals surface area (Å²) < 4.78 is 1.66. The average molecular weight is 480 g/mol. The van der Waals surface area contributed by atoms with E-state index in [1.54, 1.807) is 35.0 Å². The van der Waals surface area contributed by atoms with Crippen molar-refractivity contribution in [2.45, 2.75) is 25.9 Å². The number of rotatable bonds is 4. The highest BCUT2D eigenvalue weighted by Crippen LogP contribution is 2.33. The van der Waals surface area contributed by atoms with Gasteiger partial charge < -0.3 is 5.11 Å². The van der Waals surface area contributed by atoms with E-state index in [0.717, 1.165) is 11.3 Å². The number of hydrogen-bond donors (Lipinski definition) is 2. The number of hydrogen-bond acceptors (Lipinski definition) is 4. The van der Waals surface area contributed by atoms with Crippen LogP contribution in [0, 0.1) is 6.92 Å². The predicted molar refractivity (Wildman–Crippen MR) is 123 cm³/mol. The quantitative estimate of drug-likeness (QED) is 0.558. The smallest absolute Gasteiger partial charge is 0.286 e. The van der Waals surface area contributed by atoms with E-state index in [2.05, 4.69) is 10.5 Å². The molecule has 6 nitrogen and oxygen atoms in total. The fraction of sp³-hybridized carbons (Fsp3) is 0.273. The number of nitrogens with one attached hydrogen (secondary N) is 1. The number of benzene rings is 2. The maximum absolute atomic E-state index is 13.1. The molecule has 0 atom stereocenters. The lowest BCUT2D eigenvalue weighted by molar-refractivity contribution is 0.0463. The lowest BCUT2D eigenvalue weighted by Crippen LogP contribution is -2.47. The molecule has 0 bridgehead atoms. The van der Waals surface area contributed by atoms with E-state index in [1.807, 2.05) is 24.1 Å². The molecule has 2 heterocycles. The Hall–Kier alpha value is -2.09. The molecular weight excluding hydrogens is 459 g/mol. The second-order valence-electron chi connectivity index (χ2n) is 7.50. The molecule has 0 unspecified atom stereocenters. The molecule has 1 amide bonds. The van der Waals surface area contributed by atoms with Gasteiger partial charge in [0.05, 0.1) is 22.5 Å². The number of piperidine rings is 1. The molecule has 1 aliphatic heterocycles. The molecule has 9 heteroatoms. The maximum Gasteiger partial charge on any atom is 0.286 e. The molecular formula is C22H21Cl3N4O2. The summed E-state index contributed by atoms with van der Waals surface area (Å²) >= 11 is 18.6. The van der Waals surface area contributed by atoms with Gasteiger partial charge in [0, 0.05) is 34.3 Å². The molecule has 31 heavy (non-hydrogen) atoms. The number of carbonyl (C=O) groups excluding carboxylic acids is 1. The molecule has 1 aromatic heterocycles. The molecule has 0 radical (unpaired) electrons. The van der Waals surface area contributed by atoms with Crippen molar-refractivity contribution in [1.29, 1.82) is 0 Å². The summed E-state index contributed by atoms with van der Waals surface area (Å²) in [6.45, 7) is 3.02. The Morgan fingerprint density at radius 2 is 1.71 bits per heavy atom. The zero-order valence-electron chi connectivity index (χ0n) is 16.8. The number of nitrogens with zero attached hydrogens (tertiary/aromatic N) is 3. The Labute approximate surface area is 195 Å². The Balaban J connectivity index is 1.76. The second kappa shape index (κ2) is 9.18. The van der Waals surface area contributed by atoms with Crippen molar-refractivity contribution in [3.05, 3.63) is 68.8 Å². The van der Waals surface area contributed by atoms with Gasteiger partial charge in [-0.25, -0.2) is 9.69 Å². The van der Waals surface area contributed by atoms with Gasteiger partial charge in [0.15, 0.2) is 5.69 Å². The van der Waals surface area contributed by atoms with Crippen LogP contribution < -0.4 is 5.43 Å². The van der Waals surface area contributed by atoms with Crippen molar-refractivity contribution in [3.8, 4) is 16.9 Å². The first kappa shape index (κ1) is 22.1. The van der Waals surface area contributed by atoms with Gasteiger partial charge in [-0.15, -0.1) is 0 Å². The van der Waals surface area contributed by atoms with Crippen LogP contribution in [-0.2, 0) is 0 Å². The summed E-state index contributed by atoms with van der Waals surface area (Å²) in [7, 11) is 0. The topological polar surface area (TPSA) is 70.4 Å². The van der Waals surface area contributed by atoms with Crippen molar-refractivity contribution >= 4 is 40.7 Å². The van der Waals surface area contributed by atoms with Crippen LogP contribution in [0.3, 0.4) is 0 Å². The highest BCUT2D eigenvalue weighted by molar-refractivity contribution is 6.35. The Morgan fingerprint density at radius 1 is 1.06 bits per heavy atom. The first-order chi connectivity index (χ1) is 14.8. The molecule has 162 valence electrons.